The van der Waals surface area contributed by atoms with Crippen LogP contribution in [0.3, 0.4) is 0 Å². The van der Waals surface area contributed by atoms with Gasteiger partial charge in [0, 0.05) is 38.1 Å². The fourth-order valence-corrected chi connectivity index (χ4v) is 8.79. The molecule has 4 atom stereocenters. The van der Waals surface area contributed by atoms with Gasteiger partial charge in [0.1, 0.15) is 5.69 Å². The van der Waals surface area contributed by atoms with Gasteiger partial charge in [0.25, 0.3) is 5.56 Å². The molecule has 3 aromatic carbocycles. The third kappa shape index (κ3) is 5.23. The van der Waals surface area contributed by atoms with E-state index in [1.807, 2.05) is 6.08 Å². The second kappa shape index (κ2) is 13.2. The summed E-state index contributed by atoms with van der Waals surface area (Å²) in [4.78, 5) is 76.6. The first-order valence-electron chi connectivity index (χ1n) is 18.1. The number of aromatic nitrogens is 5. The van der Waals surface area contributed by atoms with Gasteiger partial charge in [-0.05, 0) is 55.7 Å². The highest BCUT2D eigenvalue weighted by molar-refractivity contribution is 6.24. The van der Waals surface area contributed by atoms with Gasteiger partial charge in [-0.25, -0.2) is 33.4 Å². The number of allylic oxidation sites excluding steroid dienone is 2. The Balaban J connectivity index is 1.21. The molecule has 3 aliphatic rings. The van der Waals surface area contributed by atoms with E-state index in [9.17, 15) is 29.1 Å². The van der Waals surface area contributed by atoms with Crippen molar-refractivity contribution in [1.82, 2.24) is 23.5 Å². The number of ether oxygens (including phenoxy) is 3. The first-order valence-corrected chi connectivity index (χ1v) is 18.1. The molecule has 5 aromatic rings. The van der Waals surface area contributed by atoms with E-state index < -0.39 is 40.6 Å². The normalized spacial score (nSPS) is 21.6. The molecule has 2 amide bonds. The second-order valence-electron chi connectivity index (χ2n) is 14.2. The predicted octanol–water partition coefficient (Wildman–Crippen LogP) is 3.29. The Morgan fingerprint density at radius 2 is 1.65 bits per heavy atom. The Labute approximate surface area is 314 Å². The Kier molecular flexibility index (Phi) is 8.54. The van der Waals surface area contributed by atoms with E-state index in [1.54, 1.807) is 75.5 Å². The summed E-state index contributed by atoms with van der Waals surface area (Å²) in [5, 5.41) is 10.6. The summed E-state index contributed by atoms with van der Waals surface area (Å²) >= 11 is 0. The lowest BCUT2D eigenvalue weighted by Crippen LogP contribution is -2.49. The van der Waals surface area contributed by atoms with Crippen molar-refractivity contribution < 1.29 is 28.9 Å². The van der Waals surface area contributed by atoms with Crippen LogP contribution in [0.1, 0.15) is 43.5 Å². The van der Waals surface area contributed by atoms with Gasteiger partial charge in [0.15, 0.2) is 23.0 Å². The molecular formula is C40H40N6O9. The maximum absolute atomic E-state index is 14.6. The maximum atomic E-state index is 14.6. The average Bonchev–Trinajstić information content (AvgIpc) is 3.55. The number of phenolic OH excluding ortho intramolecular Hbond substituents is 1. The lowest BCUT2D eigenvalue weighted by atomic mass is 9.56. The van der Waals surface area contributed by atoms with Crippen LogP contribution in [0.5, 0.6) is 23.0 Å². The van der Waals surface area contributed by atoms with E-state index in [-0.39, 0.29) is 61.2 Å². The molecule has 15 nitrogen and oxygen atoms in total. The standard InChI is InChI=1S/C40H40N6O9/c1-6-55-31-18-22(12-13-30(31)47)34-24-14-17-44-38(51)43(16-15-26-36(49)42(3)29-21-33(54-5)32(53-4)20-27(29)41-26)39(52)46(44)28(24)19-25-35(48)45(37(50)40(25,34)2)23-10-8-7-9-11-23/h7-14,18,20-21,25,28,34,47H,6,15-17,19H2,1-5H3/t25-,28+,34-,40+/m0/s1. The molecule has 15 heteroatoms. The number of anilines is 1. The van der Waals surface area contributed by atoms with Crippen molar-refractivity contribution in [2.75, 3.05) is 25.7 Å². The summed E-state index contributed by atoms with van der Waals surface area (Å²) in [6, 6.07) is 16.2. The third-order valence-corrected chi connectivity index (χ3v) is 11.5. The zero-order valence-corrected chi connectivity index (χ0v) is 31.0. The first-order chi connectivity index (χ1) is 26.4. The van der Waals surface area contributed by atoms with Crippen LogP contribution in [0, 0.1) is 11.3 Å². The summed E-state index contributed by atoms with van der Waals surface area (Å²) in [5.41, 5.74) is 0.0751. The SMILES string of the molecule is CCOc1cc([C@H]2C3=CCn4c(=O)n(CCc5nc6cc(OC)c(OC)cc6n(C)c5=O)c(=O)n4[C@@H]3C[C@H]3C(=O)N(c4ccccc4)C(=O)[C@@]23C)ccc1O. The molecule has 2 aromatic heterocycles. The van der Waals surface area contributed by atoms with E-state index >= 15 is 0 Å². The van der Waals surface area contributed by atoms with Crippen LogP contribution in [-0.2, 0) is 36.1 Å². The molecule has 1 aliphatic carbocycles. The molecule has 1 saturated heterocycles. The van der Waals surface area contributed by atoms with E-state index in [0.29, 0.717) is 39.4 Å². The van der Waals surface area contributed by atoms with E-state index in [1.165, 1.54) is 39.1 Å². The minimum atomic E-state index is -1.28. The fourth-order valence-electron chi connectivity index (χ4n) is 8.79. The Bertz CT molecular complexity index is 2620. The number of imide groups is 1. The van der Waals surface area contributed by atoms with Gasteiger partial charge < -0.3 is 23.9 Å². The Morgan fingerprint density at radius 1 is 0.927 bits per heavy atom. The van der Waals surface area contributed by atoms with Gasteiger partial charge in [0.2, 0.25) is 11.8 Å². The van der Waals surface area contributed by atoms with E-state index in [0.717, 1.165) is 4.57 Å². The predicted molar refractivity (Wildman–Crippen MR) is 201 cm³/mol. The highest BCUT2D eigenvalue weighted by atomic mass is 16.5. The average molecular weight is 749 g/mol. The molecule has 1 N–H and O–H groups in total. The molecule has 55 heavy (non-hydrogen) atoms. The van der Waals surface area contributed by atoms with Crippen LogP contribution in [-0.4, -0.2) is 61.2 Å². The van der Waals surface area contributed by atoms with E-state index in [2.05, 4.69) is 4.98 Å². The highest BCUT2D eigenvalue weighted by Gasteiger charge is 2.65. The summed E-state index contributed by atoms with van der Waals surface area (Å²) in [7, 11) is 4.61. The number of aryl methyl sites for hydroxylation is 2. The van der Waals surface area contributed by atoms with Crippen LogP contribution < -0.4 is 36.0 Å². The van der Waals surface area contributed by atoms with Crippen LogP contribution in [0.2, 0.25) is 0 Å². The summed E-state index contributed by atoms with van der Waals surface area (Å²) in [6.07, 6.45) is 1.93. The van der Waals surface area contributed by atoms with Gasteiger partial charge in [-0.2, -0.15) is 0 Å². The molecule has 0 radical (unpaired) electrons. The van der Waals surface area contributed by atoms with Gasteiger partial charge in [-0.1, -0.05) is 30.3 Å². The lowest BCUT2D eigenvalue weighted by Gasteiger charge is -2.47. The topological polar surface area (TPSA) is 169 Å². The van der Waals surface area contributed by atoms with Crippen molar-refractivity contribution in [2.24, 2.45) is 18.4 Å². The number of phenols is 1. The largest absolute Gasteiger partial charge is 0.504 e. The second-order valence-corrected chi connectivity index (χ2v) is 14.2. The monoisotopic (exact) mass is 748 g/mol. The van der Waals surface area contributed by atoms with Gasteiger partial charge >= 0.3 is 11.4 Å². The smallest absolute Gasteiger partial charge is 0.347 e. The number of benzene rings is 3. The maximum Gasteiger partial charge on any atom is 0.347 e. The van der Waals surface area contributed by atoms with Crippen LogP contribution in [0.25, 0.3) is 11.0 Å². The van der Waals surface area contributed by atoms with Crippen LogP contribution >= 0.6 is 0 Å². The molecule has 0 bridgehead atoms. The molecule has 1 saturated carbocycles. The number of amides is 2. The molecule has 2 aliphatic heterocycles. The molecule has 2 fully saturated rings. The number of hydrogen-bond donors (Lipinski definition) is 1. The Morgan fingerprint density at radius 3 is 2.36 bits per heavy atom. The van der Waals surface area contributed by atoms with Crippen molar-refractivity contribution in [3.05, 3.63) is 115 Å². The quantitative estimate of drug-likeness (QED) is 0.175. The molecule has 8 rings (SSSR count). The number of hydrogen-bond acceptors (Lipinski definition) is 10. The molecule has 0 spiro atoms. The third-order valence-electron chi connectivity index (χ3n) is 11.5. The van der Waals surface area contributed by atoms with Gasteiger partial charge in [0.05, 0.1) is 61.5 Å². The number of rotatable bonds is 9. The summed E-state index contributed by atoms with van der Waals surface area (Å²) in [6.45, 7) is 3.76. The van der Waals surface area contributed by atoms with Crippen LogP contribution in [0.4, 0.5) is 5.69 Å². The number of aromatic hydroxyl groups is 1. The minimum absolute atomic E-state index is 0.0167. The molecule has 0 unspecified atom stereocenters. The highest BCUT2D eigenvalue weighted by Crippen LogP contribution is 2.61. The lowest BCUT2D eigenvalue weighted by molar-refractivity contribution is -0.129. The Hall–Kier alpha value is -6.38. The number of fused-ring (bicyclic) bond motifs is 5. The summed E-state index contributed by atoms with van der Waals surface area (Å²) < 4.78 is 21.8. The fraction of sp³-hybridized carbons (Fsp3) is 0.350. The van der Waals surface area contributed by atoms with Crippen LogP contribution in [0.15, 0.2) is 86.7 Å². The van der Waals surface area contributed by atoms with Crippen molar-refractivity contribution in [2.45, 2.75) is 51.7 Å². The summed E-state index contributed by atoms with van der Waals surface area (Å²) in [5.74, 6) is -1.34. The zero-order chi connectivity index (χ0) is 38.9. The van der Waals surface area contributed by atoms with Gasteiger partial charge in [-0.15, -0.1) is 0 Å². The molecular weight excluding hydrogens is 708 g/mol. The molecule has 4 heterocycles. The van der Waals surface area contributed by atoms with Crippen molar-refractivity contribution >= 4 is 28.5 Å². The number of carbonyl (C=O) groups is 2. The number of carbonyl (C=O) groups excluding carboxylic acids is 2. The van der Waals surface area contributed by atoms with Gasteiger partial charge in [-0.3, -0.25) is 14.4 Å². The van der Waals surface area contributed by atoms with Crippen molar-refractivity contribution in [3.63, 3.8) is 0 Å². The molecule has 284 valence electrons. The van der Waals surface area contributed by atoms with Crippen molar-refractivity contribution in [1.29, 1.82) is 0 Å². The number of para-hydroxylation sites is 1. The number of nitrogens with zero attached hydrogens (tertiary/aromatic N) is 6. The van der Waals surface area contributed by atoms with Crippen molar-refractivity contribution in [3.8, 4) is 23.0 Å². The number of methoxy groups -OCH3 is 2. The minimum Gasteiger partial charge on any atom is -0.504 e. The first kappa shape index (κ1) is 35.6. The zero-order valence-electron chi connectivity index (χ0n) is 31.0. The van der Waals surface area contributed by atoms with E-state index in [4.69, 9.17) is 14.2 Å².